The molecule has 1 heterocycles. The zero-order chi connectivity index (χ0) is 24.8. The first-order valence-electron chi connectivity index (χ1n) is 12.6. The van der Waals surface area contributed by atoms with Gasteiger partial charge in [-0.25, -0.2) is 4.39 Å². The molecular formula is C27H37FO6. The SMILES string of the molecule is CC(C)OCC(=O)[C@@]12OC(C)(C)O[C@@H]1C[C@H]1[C@@H]3C[C@H](F)C4=CC(=O)C=C[C@]4(C)[C@H]3[C@@H](O)C[C@@]12C. The fourth-order valence-corrected chi connectivity index (χ4v) is 8.28. The van der Waals surface area contributed by atoms with E-state index in [-0.39, 0.29) is 48.5 Å². The van der Waals surface area contributed by atoms with Gasteiger partial charge in [0.2, 0.25) is 0 Å². The van der Waals surface area contributed by atoms with Crippen molar-refractivity contribution < 1.29 is 33.3 Å². The van der Waals surface area contributed by atoms with E-state index in [0.717, 1.165) is 0 Å². The van der Waals surface area contributed by atoms with Gasteiger partial charge in [-0.05, 0) is 76.5 Å². The number of ketones is 2. The van der Waals surface area contributed by atoms with Crippen LogP contribution >= 0.6 is 0 Å². The highest BCUT2D eigenvalue weighted by Gasteiger charge is 2.77. The number of halogens is 1. The average molecular weight is 477 g/mol. The van der Waals surface area contributed by atoms with E-state index in [9.17, 15) is 14.7 Å². The molecule has 0 aromatic rings. The Kier molecular flexibility index (Phi) is 5.39. The van der Waals surface area contributed by atoms with Crippen molar-refractivity contribution in [3.8, 4) is 0 Å². The molecule has 1 N–H and O–H groups in total. The lowest BCUT2D eigenvalue weighted by molar-refractivity contribution is -0.227. The predicted molar refractivity (Wildman–Crippen MR) is 123 cm³/mol. The first kappa shape index (κ1) is 24.3. The molecule has 0 radical (unpaired) electrons. The number of alkyl halides is 1. The smallest absolute Gasteiger partial charge is 0.193 e. The van der Waals surface area contributed by atoms with Gasteiger partial charge in [0.05, 0.1) is 18.3 Å². The average Bonchev–Trinajstić information content (AvgIpc) is 3.13. The number of aliphatic hydroxyl groups is 1. The highest BCUT2D eigenvalue weighted by molar-refractivity contribution is 6.01. The Bertz CT molecular complexity index is 970. The number of hydrogen-bond acceptors (Lipinski definition) is 6. The summed E-state index contributed by atoms with van der Waals surface area (Å²) in [5, 5.41) is 11.6. The summed E-state index contributed by atoms with van der Waals surface area (Å²) in [4.78, 5) is 25.8. The van der Waals surface area contributed by atoms with E-state index < -0.39 is 40.6 Å². The van der Waals surface area contributed by atoms with Crippen LogP contribution < -0.4 is 0 Å². The molecule has 5 aliphatic rings. The van der Waals surface area contributed by atoms with Gasteiger partial charge in [-0.3, -0.25) is 9.59 Å². The summed E-state index contributed by atoms with van der Waals surface area (Å²) in [5.41, 5.74) is -2.28. The monoisotopic (exact) mass is 476 g/mol. The first-order valence-corrected chi connectivity index (χ1v) is 12.6. The van der Waals surface area contributed by atoms with E-state index in [2.05, 4.69) is 0 Å². The maximum atomic E-state index is 15.6. The molecule has 0 bridgehead atoms. The summed E-state index contributed by atoms with van der Waals surface area (Å²) in [7, 11) is 0. The second-order valence-corrected chi connectivity index (χ2v) is 12.2. The van der Waals surface area contributed by atoms with E-state index in [0.29, 0.717) is 18.4 Å². The normalized spacial score (nSPS) is 48.7. The molecule has 0 unspecified atom stereocenters. The molecule has 0 amide bonds. The van der Waals surface area contributed by atoms with Crippen LogP contribution in [0.2, 0.25) is 0 Å². The second-order valence-electron chi connectivity index (χ2n) is 12.2. The van der Waals surface area contributed by atoms with Gasteiger partial charge in [0.25, 0.3) is 0 Å². The largest absolute Gasteiger partial charge is 0.393 e. The Morgan fingerprint density at radius 2 is 1.97 bits per heavy atom. The number of carbonyl (C=O) groups excluding carboxylic acids is 2. The molecule has 1 aliphatic heterocycles. The number of hydrogen-bond donors (Lipinski definition) is 1. The number of rotatable bonds is 4. The van der Waals surface area contributed by atoms with E-state index in [1.54, 1.807) is 6.08 Å². The summed E-state index contributed by atoms with van der Waals surface area (Å²) in [6.07, 6.45) is 3.14. The molecule has 0 aromatic heterocycles. The lowest BCUT2D eigenvalue weighted by atomic mass is 9.46. The van der Waals surface area contributed by atoms with Crippen molar-refractivity contribution in [2.75, 3.05) is 6.61 Å². The van der Waals surface area contributed by atoms with Crippen molar-refractivity contribution in [2.24, 2.45) is 28.6 Å². The van der Waals surface area contributed by atoms with Gasteiger partial charge in [-0.1, -0.05) is 19.9 Å². The summed E-state index contributed by atoms with van der Waals surface area (Å²) >= 11 is 0. The van der Waals surface area contributed by atoms with Crippen LogP contribution in [0.4, 0.5) is 4.39 Å². The zero-order valence-corrected chi connectivity index (χ0v) is 21.0. The van der Waals surface area contributed by atoms with Crippen LogP contribution in [0.3, 0.4) is 0 Å². The van der Waals surface area contributed by atoms with E-state index in [4.69, 9.17) is 14.2 Å². The van der Waals surface area contributed by atoms with Gasteiger partial charge in [0.1, 0.15) is 12.8 Å². The first-order chi connectivity index (χ1) is 15.7. The Balaban J connectivity index is 1.57. The quantitative estimate of drug-likeness (QED) is 0.666. The molecule has 188 valence electrons. The predicted octanol–water partition coefficient (Wildman–Crippen LogP) is 3.71. The summed E-state index contributed by atoms with van der Waals surface area (Å²) in [5.74, 6) is -1.84. The lowest BCUT2D eigenvalue weighted by Crippen LogP contribution is -2.64. The van der Waals surface area contributed by atoms with Crippen LogP contribution in [-0.2, 0) is 23.8 Å². The molecule has 34 heavy (non-hydrogen) atoms. The minimum atomic E-state index is -1.27. The molecule has 7 heteroatoms. The number of Topliss-reactive ketones (excluding diaryl/α,β-unsaturated/α-hetero) is 1. The zero-order valence-electron chi connectivity index (χ0n) is 21.0. The van der Waals surface area contributed by atoms with Gasteiger partial charge in [0.15, 0.2) is 23.0 Å². The van der Waals surface area contributed by atoms with Crippen LogP contribution in [0.1, 0.15) is 60.8 Å². The highest BCUT2D eigenvalue weighted by Crippen LogP contribution is 2.70. The van der Waals surface area contributed by atoms with Crippen LogP contribution in [-0.4, -0.2) is 59.2 Å². The number of fused-ring (bicyclic) bond motifs is 7. The summed E-state index contributed by atoms with van der Waals surface area (Å²) in [6.45, 7) is 11.2. The van der Waals surface area contributed by atoms with Gasteiger partial charge in [0, 0.05) is 16.7 Å². The minimum absolute atomic E-state index is 0.0762. The topological polar surface area (TPSA) is 82.1 Å². The Morgan fingerprint density at radius 1 is 1.26 bits per heavy atom. The summed E-state index contributed by atoms with van der Waals surface area (Å²) < 4.78 is 34.1. The van der Waals surface area contributed by atoms with Crippen molar-refractivity contribution >= 4 is 11.6 Å². The number of allylic oxidation sites excluding steroid dienone is 4. The fourth-order valence-electron chi connectivity index (χ4n) is 8.28. The van der Waals surface area contributed by atoms with Gasteiger partial charge in [-0.2, -0.15) is 0 Å². The molecule has 0 aromatic carbocycles. The van der Waals surface area contributed by atoms with Gasteiger partial charge >= 0.3 is 0 Å². The van der Waals surface area contributed by atoms with Crippen molar-refractivity contribution in [1.29, 1.82) is 0 Å². The molecule has 1 saturated heterocycles. The van der Waals surface area contributed by atoms with Crippen LogP contribution in [0, 0.1) is 28.6 Å². The minimum Gasteiger partial charge on any atom is -0.393 e. The summed E-state index contributed by atoms with van der Waals surface area (Å²) in [6, 6.07) is 0. The lowest BCUT2D eigenvalue weighted by Gasteiger charge is -2.60. The maximum absolute atomic E-state index is 15.6. The third-order valence-corrected chi connectivity index (χ3v) is 9.43. The molecule has 5 rings (SSSR count). The van der Waals surface area contributed by atoms with Crippen molar-refractivity contribution in [3.05, 3.63) is 23.8 Å². The molecule has 4 fully saturated rings. The van der Waals surface area contributed by atoms with E-state index in [1.807, 2.05) is 41.5 Å². The van der Waals surface area contributed by atoms with E-state index >= 15 is 4.39 Å². The van der Waals surface area contributed by atoms with Crippen LogP contribution in [0.25, 0.3) is 0 Å². The third kappa shape index (κ3) is 3.12. The van der Waals surface area contributed by atoms with Gasteiger partial charge in [-0.15, -0.1) is 0 Å². The fraction of sp³-hybridized carbons (Fsp3) is 0.778. The maximum Gasteiger partial charge on any atom is 0.193 e. The second kappa shape index (κ2) is 7.55. The van der Waals surface area contributed by atoms with Crippen molar-refractivity contribution in [1.82, 2.24) is 0 Å². The molecular weight excluding hydrogens is 439 g/mol. The van der Waals surface area contributed by atoms with Gasteiger partial charge < -0.3 is 19.3 Å². The molecule has 9 atom stereocenters. The standard InChI is InChI=1S/C27H37FO6/c1-14(2)32-13-21(31)27-22(33-24(3,4)34-27)11-17-16-10-19(28)18-9-15(29)7-8-25(18,5)23(16)20(30)12-26(17,27)6/h7-9,14,16-17,19-20,22-23,30H,10-13H2,1-6H3/t16-,17-,19-,20-,22+,23+,25-,26-,27+/m0/s1. The molecule has 0 spiro atoms. The molecule has 4 aliphatic carbocycles. The van der Waals surface area contributed by atoms with Crippen LogP contribution in [0.5, 0.6) is 0 Å². The molecule has 6 nitrogen and oxygen atoms in total. The van der Waals surface area contributed by atoms with Crippen molar-refractivity contribution in [2.45, 2.75) is 96.7 Å². The van der Waals surface area contributed by atoms with E-state index in [1.165, 1.54) is 12.2 Å². The number of carbonyl (C=O) groups is 2. The van der Waals surface area contributed by atoms with Crippen LogP contribution in [0.15, 0.2) is 23.8 Å². The third-order valence-electron chi connectivity index (χ3n) is 9.43. The Labute approximate surface area is 200 Å². The number of ether oxygens (including phenoxy) is 3. The highest BCUT2D eigenvalue weighted by atomic mass is 19.1. The molecule has 3 saturated carbocycles. The Morgan fingerprint density at radius 3 is 2.65 bits per heavy atom. The number of aliphatic hydroxyl groups excluding tert-OH is 1. The Hall–Kier alpha value is -1.41. The van der Waals surface area contributed by atoms with Crippen molar-refractivity contribution in [3.63, 3.8) is 0 Å².